The first kappa shape index (κ1) is 27.5. The monoisotopic (exact) mass is 519 g/mol. The normalized spacial score (nSPS) is 30.1. The largest absolute Gasteiger partial charge is 0.508 e. The van der Waals surface area contributed by atoms with E-state index in [2.05, 4.69) is 49.2 Å². The Bertz CT molecular complexity index is 1050. The second kappa shape index (κ2) is 12.0. The van der Waals surface area contributed by atoms with Crippen molar-refractivity contribution in [2.75, 3.05) is 26.7 Å². The van der Waals surface area contributed by atoms with Crippen molar-refractivity contribution in [2.24, 2.45) is 23.2 Å². The van der Waals surface area contributed by atoms with E-state index in [0.29, 0.717) is 36.0 Å². The van der Waals surface area contributed by atoms with E-state index in [1.54, 1.807) is 0 Å². The van der Waals surface area contributed by atoms with Gasteiger partial charge in [-0.3, -0.25) is 0 Å². The highest BCUT2D eigenvalue weighted by molar-refractivity contribution is 5.40. The number of phenols is 1. The maximum Gasteiger partial charge on any atom is 0.119 e. The zero-order chi connectivity index (χ0) is 26.7. The molecule has 0 spiro atoms. The third kappa shape index (κ3) is 5.77. The average Bonchev–Trinajstić information content (AvgIpc) is 3.21. The van der Waals surface area contributed by atoms with Crippen molar-refractivity contribution in [3.63, 3.8) is 0 Å². The van der Waals surface area contributed by atoms with Crippen molar-refractivity contribution in [1.29, 1.82) is 0 Å². The van der Waals surface area contributed by atoms with E-state index in [-0.39, 0.29) is 11.5 Å². The third-order valence-electron chi connectivity index (χ3n) is 10.4. The molecule has 0 unspecified atom stereocenters. The number of fused-ring (bicyclic) bond motifs is 5. The van der Waals surface area contributed by atoms with E-state index >= 15 is 0 Å². The van der Waals surface area contributed by atoms with E-state index in [9.17, 15) is 10.2 Å². The standard InChI is InChI=1S/C34H49NO3/c1-4-38-28-13-9-24(10-14-28)19-21-35(3)20-7-5-6-8-26-23-34(2)31(17-18-32(34)37)30-15-11-25-22-27(36)12-16-29(25)33(26)30/h9-10,12-14,16,22,26,30-33,36-37H,4-8,11,15,17-21,23H2,1-3H3/t26-,30-,31-,32-,33+,34-/m0/s1. The fraction of sp³-hybridized carbons (Fsp3) is 0.647. The van der Waals surface area contributed by atoms with E-state index in [4.69, 9.17) is 4.74 Å². The molecular formula is C34H49NO3. The molecule has 4 nitrogen and oxygen atoms in total. The quantitative estimate of drug-likeness (QED) is 0.315. The Morgan fingerprint density at radius 1 is 1.00 bits per heavy atom. The Kier molecular flexibility index (Phi) is 8.69. The summed E-state index contributed by atoms with van der Waals surface area (Å²) in [5.74, 6) is 3.92. The third-order valence-corrected chi connectivity index (χ3v) is 10.4. The molecule has 2 aromatic carbocycles. The zero-order valence-electron chi connectivity index (χ0n) is 23.9. The SMILES string of the molecule is CCOc1ccc(CCN(C)CCCCC[C@H]2C[C@]3(C)[C@@H](O)CC[C@H]3[C@@H]3CCc4cc(O)ccc4[C@@H]23)cc1. The number of aliphatic hydroxyl groups is 1. The van der Waals surface area contributed by atoms with Crippen molar-refractivity contribution in [3.8, 4) is 11.5 Å². The van der Waals surface area contributed by atoms with Crippen molar-refractivity contribution in [1.82, 2.24) is 4.90 Å². The number of unbranched alkanes of at least 4 members (excludes halogenated alkanes) is 2. The van der Waals surface area contributed by atoms with Crippen LogP contribution in [0, 0.1) is 23.2 Å². The molecule has 4 heteroatoms. The number of hydrogen-bond donors (Lipinski definition) is 2. The number of phenolic OH excluding ortho intramolecular Hbond substituents is 1. The highest BCUT2D eigenvalue weighted by Crippen LogP contribution is 2.63. The van der Waals surface area contributed by atoms with Crippen LogP contribution in [0.5, 0.6) is 11.5 Å². The van der Waals surface area contributed by atoms with Crippen molar-refractivity contribution >= 4 is 0 Å². The first-order valence-corrected chi connectivity index (χ1v) is 15.3. The zero-order valence-corrected chi connectivity index (χ0v) is 23.9. The van der Waals surface area contributed by atoms with Crippen molar-refractivity contribution in [3.05, 3.63) is 59.2 Å². The lowest BCUT2D eigenvalue weighted by Gasteiger charge is -2.54. The molecule has 0 amide bonds. The molecule has 38 heavy (non-hydrogen) atoms. The minimum absolute atomic E-state index is 0.0847. The molecule has 0 bridgehead atoms. The summed E-state index contributed by atoms with van der Waals surface area (Å²) < 4.78 is 5.56. The molecule has 0 aliphatic heterocycles. The van der Waals surface area contributed by atoms with Gasteiger partial charge in [0.25, 0.3) is 0 Å². The van der Waals surface area contributed by atoms with Crippen LogP contribution in [-0.2, 0) is 12.8 Å². The summed E-state index contributed by atoms with van der Waals surface area (Å²) in [6.45, 7) is 7.36. The Morgan fingerprint density at radius 2 is 1.82 bits per heavy atom. The molecule has 0 saturated heterocycles. The van der Waals surface area contributed by atoms with Crippen LogP contribution in [-0.4, -0.2) is 48.0 Å². The van der Waals surface area contributed by atoms with Crippen LogP contribution in [0.3, 0.4) is 0 Å². The molecule has 2 aromatic rings. The van der Waals surface area contributed by atoms with Gasteiger partial charge in [0.05, 0.1) is 12.7 Å². The van der Waals surface area contributed by atoms with Crippen LogP contribution in [0.2, 0.25) is 0 Å². The Hall–Kier alpha value is -2.04. The Morgan fingerprint density at radius 3 is 2.61 bits per heavy atom. The molecule has 208 valence electrons. The van der Waals surface area contributed by atoms with Crippen LogP contribution < -0.4 is 4.74 Å². The van der Waals surface area contributed by atoms with Gasteiger partial charge in [0.1, 0.15) is 11.5 Å². The highest BCUT2D eigenvalue weighted by atomic mass is 16.5. The van der Waals surface area contributed by atoms with Gasteiger partial charge < -0.3 is 19.8 Å². The van der Waals surface area contributed by atoms with Gasteiger partial charge in [-0.2, -0.15) is 0 Å². The van der Waals surface area contributed by atoms with Crippen LogP contribution in [0.1, 0.15) is 87.8 Å². The van der Waals surface area contributed by atoms with Gasteiger partial charge in [-0.25, -0.2) is 0 Å². The number of nitrogens with zero attached hydrogens (tertiary/aromatic N) is 1. The molecule has 0 aromatic heterocycles. The molecule has 2 saturated carbocycles. The topological polar surface area (TPSA) is 52.9 Å². The van der Waals surface area contributed by atoms with E-state index in [1.807, 2.05) is 19.1 Å². The molecular weight excluding hydrogens is 470 g/mol. The van der Waals surface area contributed by atoms with Crippen LogP contribution >= 0.6 is 0 Å². The predicted molar refractivity (Wildman–Crippen MR) is 155 cm³/mol. The molecule has 3 aliphatic rings. The van der Waals surface area contributed by atoms with E-state index < -0.39 is 0 Å². The van der Waals surface area contributed by atoms with Gasteiger partial charge in [0.2, 0.25) is 0 Å². The van der Waals surface area contributed by atoms with Gasteiger partial charge >= 0.3 is 0 Å². The van der Waals surface area contributed by atoms with E-state index in [1.165, 1.54) is 55.2 Å². The summed E-state index contributed by atoms with van der Waals surface area (Å²) in [6.07, 6.45) is 11.6. The summed E-state index contributed by atoms with van der Waals surface area (Å²) in [6, 6.07) is 14.7. The molecule has 5 rings (SSSR count). The van der Waals surface area contributed by atoms with Crippen LogP contribution in [0.4, 0.5) is 0 Å². The maximum atomic E-state index is 11.0. The first-order valence-electron chi connectivity index (χ1n) is 15.3. The molecule has 2 fully saturated rings. The number of ether oxygens (including phenoxy) is 1. The van der Waals surface area contributed by atoms with Gasteiger partial charge in [0.15, 0.2) is 0 Å². The number of rotatable bonds is 11. The minimum atomic E-state index is -0.138. The summed E-state index contributed by atoms with van der Waals surface area (Å²) in [5, 5.41) is 21.1. The number of aliphatic hydroxyl groups excluding tert-OH is 1. The van der Waals surface area contributed by atoms with Crippen LogP contribution in [0.25, 0.3) is 0 Å². The predicted octanol–water partition coefficient (Wildman–Crippen LogP) is 6.97. The lowest BCUT2D eigenvalue weighted by Crippen LogP contribution is -2.47. The smallest absolute Gasteiger partial charge is 0.119 e. The van der Waals surface area contributed by atoms with Crippen molar-refractivity contribution < 1.29 is 14.9 Å². The van der Waals surface area contributed by atoms with Crippen molar-refractivity contribution in [2.45, 2.75) is 90.1 Å². The number of benzene rings is 2. The highest BCUT2D eigenvalue weighted by Gasteiger charge is 2.57. The number of likely N-dealkylation sites (N-methyl/N-ethyl adjacent to an activating group) is 1. The van der Waals surface area contributed by atoms with Gasteiger partial charge in [0, 0.05) is 6.54 Å². The average molecular weight is 520 g/mol. The van der Waals surface area contributed by atoms with E-state index in [0.717, 1.165) is 44.5 Å². The molecule has 0 heterocycles. The number of aromatic hydroxyl groups is 1. The maximum absolute atomic E-state index is 11.0. The summed E-state index contributed by atoms with van der Waals surface area (Å²) in [7, 11) is 2.25. The molecule has 3 aliphatic carbocycles. The molecule has 2 N–H and O–H groups in total. The van der Waals surface area contributed by atoms with Gasteiger partial charge in [-0.1, -0.05) is 38.0 Å². The van der Waals surface area contributed by atoms with Gasteiger partial charge in [-0.05, 0) is 142 Å². The lowest BCUT2D eigenvalue weighted by atomic mass is 9.51. The number of hydrogen-bond acceptors (Lipinski definition) is 4. The molecule has 0 radical (unpaired) electrons. The number of aryl methyl sites for hydroxylation is 1. The fourth-order valence-electron chi connectivity index (χ4n) is 8.45. The first-order chi connectivity index (χ1) is 18.4. The van der Waals surface area contributed by atoms with Crippen LogP contribution in [0.15, 0.2) is 42.5 Å². The summed E-state index contributed by atoms with van der Waals surface area (Å²) >= 11 is 0. The second-order valence-electron chi connectivity index (χ2n) is 12.8. The summed E-state index contributed by atoms with van der Waals surface area (Å²) in [4.78, 5) is 2.47. The Balaban J connectivity index is 1.13. The van der Waals surface area contributed by atoms with Gasteiger partial charge in [-0.15, -0.1) is 0 Å². The molecule has 6 atom stereocenters. The fourth-order valence-corrected chi connectivity index (χ4v) is 8.45. The second-order valence-corrected chi connectivity index (χ2v) is 12.8. The summed E-state index contributed by atoms with van der Waals surface area (Å²) in [5.41, 5.74) is 4.32. The Labute approximate surface area is 230 Å². The minimum Gasteiger partial charge on any atom is -0.508 e. The lowest BCUT2D eigenvalue weighted by molar-refractivity contribution is -0.0501.